The second-order valence-electron chi connectivity index (χ2n) is 9.38. The van der Waals surface area contributed by atoms with Crippen LogP contribution in [0.3, 0.4) is 0 Å². The van der Waals surface area contributed by atoms with Gasteiger partial charge in [0, 0.05) is 0 Å². The molecule has 0 radical (unpaired) electrons. The van der Waals surface area contributed by atoms with E-state index in [2.05, 4.69) is 50.3 Å². The average molecular weight is 383 g/mol. The molecule has 0 bridgehead atoms. The summed E-state index contributed by atoms with van der Waals surface area (Å²) in [4.78, 5) is 0. The van der Waals surface area contributed by atoms with Crippen molar-refractivity contribution in [1.82, 2.24) is 0 Å². The highest BCUT2D eigenvalue weighted by Crippen LogP contribution is 2.38. The van der Waals surface area contributed by atoms with E-state index in [1.165, 1.54) is 82.6 Å². The molecule has 0 N–H and O–H groups in total. The van der Waals surface area contributed by atoms with Gasteiger partial charge in [0.05, 0.1) is 0 Å². The van der Waals surface area contributed by atoms with Crippen LogP contribution in [0.15, 0.2) is 36.4 Å². The molecule has 3 rings (SSSR count). The fourth-order valence-corrected chi connectivity index (χ4v) is 5.50. The van der Waals surface area contributed by atoms with Gasteiger partial charge in [-0.25, -0.2) is 0 Å². The van der Waals surface area contributed by atoms with Gasteiger partial charge in [-0.3, -0.25) is 0 Å². The lowest BCUT2D eigenvalue weighted by Gasteiger charge is -2.28. The van der Waals surface area contributed by atoms with Crippen molar-refractivity contribution in [3.63, 3.8) is 0 Å². The molecule has 0 aromatic heterocycles. The molecule has 0 amide bonds. The molecule has 0 unspecified atom stereocenters. The molecule has 0 atom stereocenters. The first-order chi connectivity index (χ1) is 13.8. The number of ether oxygens (including phenoxy) is 1. The van der Waals surface area contributed by atoms with E-state index in [9.17, 15) is 0 Å². The largest absolute Gasteiger partial charge is 0.490 e. The zero-order valence-corrected chi connectivity index (χ0v) is 18.4. The van der Waals surface area contributed by atoms with Crippen molar-refractivity contribution >= 4 is 0 Å². The molecule has 156 valence electrons. The van der Waals surface area contributed by atoms with Gasteiger partial charge in [0.25, 0.3) is 0 Å². The van der Waals surface area contributed by atoms with E-state index < -0.39 is 0 Å². The highest BCUT2D eigenvalue weighted by Gasteiger charge is 2.21. The maximum absolute atomic E-state index is 5.96. The van der Waals surface area contributed by atoms with Crippen LogP contribution in [0.5, 0.6) is 5.75 Å². The van der Waals surface area contributed by atoms with Crippen molar-refractivity contribution in [3.05, 3.63) is 42.0 Å². The zero-order valence-electron chi connectivity index (χ0n) is 18.4. The Morgan fingerprint density at radius 1 is 0.786 bits per heavy atom. The van der Waals surface area contributed by atoms with Crippen LogP contribution in [-0.2, 0) is 0 Å². The lowest BCUT2D eigenvalue weighted by Crippen LogP contribution is -2.13. The molecule has 2 saturated carbocycles. The molecule has 0 spiro atoms. The van der Waals surface area contributed by atoms with Crippen molar-refractivity contribution in [2.75, 3.05) is 6.61 Å². The molecule has 1 nitrogen and oxygen atoms in total. The van der Waals surface area contributed by atoms with Crippen molar-refractivity contribution in [3.8, 4) is 5.75 Å². The van der Waals surface area contributed by atoms with Crippen LogP contribution in [0.4, 0.5) is 0 Å². The lowest BCUT2D eigenvalue weighted by molar-refractivity contribution is 0.292. The first-order valence-electron chi connectivity index (χ1n) is 12.2. The Kier molecular flexibility index (Phi) is 8.96. The summed E-state index contributed by atoms with van der Waals surface area (Å²) in [6.07, 6.45) is 21.4. The molecule has 2 aliphatic rings. The van der Waals surface area contributed by atoms with Crippen LogP contribution >= 0.6 is 0 Å². The van der Waals surface area contributed by atoms with Crippen LogP contribution in [0.2, 0.25) is 0 Å². The quantitative estimate of drug-likeness (QED) is 0.390. The molecule has 2 fully saturated rings. The third-order valence-electron chi connectivity index (χ3n) is 7.24. The minimum absolute atomic E-state index is 0.705. The molecular formula is C27H42O. The Morgan fingerprint density at radius 3 is 1.93 bits per heavy atom. The molecule has 0 heterocycles. The first kappa shape index (κ1) is 21.5. The molecule has 1 heteroatoms. The second kappa shape index (κ2) is 11.7. The fraction of sp³-hybridized carbons (Fsp3) is 0.704. The van der Waals surface area contributed by atoms with Crippen molar-refractivity contribution in [1.29, 1.82) is 0 Å². The summed E-state index contributed by atoms with van der Waals surface area (Å²) in [6.45, 7) is 5.34. The van der Waals surface area contributed by atoms with E-state index >= 15 is 0 Å². The van der Waals surface area contributed by atoms with Gasteiger partial charge in [-0.05, 0) is 92.7 Å². The smallest absolute Gasteiger partial charge is 0.119 e. The molecule has 0 saturated heterocycles. The molecule has 2 aliphatic carbocycles. The van der Waals surface area contributed by atoms with Crippen molar-refractivity contribution < 1.29 is 4.74 Å². The van der Waals surface area contributed by atoms with Gasteiger partial charge in [0.1, 0.15) is 12.4 Å². The predicted octanol–water partition coefficient (Wildman–Crippen LogP) is 8.30. The topological polar surface area (TPSA) is 9.23 Å². The van der Waals surface area contributed by atoms with Crippen LogP contribution in [0, 0.1) is 17.8 Å². The van der Waals surface area contributed by atoms with Gasteiger partial charge < -0.3 is 4.74 Å². The van der Waals surface area contributed by atoms with Gasteiger partial charge in [0.2, 0.25) is 0 Å². The molecule has 1 aromatic rings. The summed E-state index contributed by atoms with van der Waals surface area (Å²) in [7, 11) is 0. The van der Waals surface area contributed by atoms with Crippen LogP contribution in [-0.4, -0.2) is 6.61 Å². The summed E-state index contributed by atoms with van der Waals surface area (Å²) in [5.41, 5.74) is 1.52. The van der Waals surface area contributed by atoms with Crippen LogP contribution in [0.25, 0.3) is 0 Å². The molecular weight excluding hydrogens is 340 g/mol. The van der Waals surface area contributed by atoms with E-state index in [0.717, 1.165) is 29.4 Å². The predicted molar refractivity (Wildman–Crippen MR) is 121 cm³/mol. The Labute approximate surface area is 174 Å². The number of hydrogen-bond acceptors (Lipinski definition) is 1. The maximum atomic E-state index is 5.96. The number of hydrogen-bond donors (Lipinski definition) is 0. The molecule has 0 aliphatic heterocycles. The van der Waals surface area contributed by atoms with E-state index in [4.69, 9.17) is 4.74 Å². The van der Waals surface area contributed by atoms with Gasteiger partial charge in [-0.1, -0.05) is 63.8 Å². The molecule has 28 heavy (non-hydrogen) atoms. The summed E-state index contributed by atoms with van der Waals surface area (Å²) < 4.78 is 5.96. The minimum Gasteiger partial charge on any atom is -0.490 e. The van der Waals surface area contributed by atoms with Crippen molar-refractivity contribution in [2.45, 2.75) is 96.8 Å². The SMILES string of the molecule is CCC[C@H]1CC[C@H](/C=C/COc2ccc([C@H]3CC[C@H](CCC)CC3)cc2)CC1. The van der Waals surface area contributed by atoms with E-state index in [1.807, 2.05) is 0 Å². The number of rotatable bonds is 9. The molecule has 1 aromatic carbocycles. The first-order valence-corrected chi connectivity index (χ1v) is 12.2. The third kappa shape index (κ3) is 6.68. The Hall–Kier alpha value is -1.24. The highest BCUT2D eigenvalue weighted by molar-refractivity contribution is 5.29. The Bertz CT molecular complexity index is 556. The van der Waals surface area contributed by atoms with E-state index in [1.54, 1.807) is 0 Å². The van der Waals surface area contributed by atoms with Gasteiger partial charge in [-0.15, -0.1) is 0 Å². The highest BCUT2D eigenvalue weighted by atomic mass is 16.5. The van der Waals surface area contributed by atoms with Crippen LogP contribution < -0.4 is 4.74 Å². The summed E-state index contributed by atoms with van der Waals surface area (Å²) >= 11 is 0. The average Bonchev–Trinajstić information content (AvgIpc) is 2.74. The summed E-state index contributed by atoms with van der Waals surface area (Å²) in [6, 6.07) is 8.96. The van der Waals surface area contributed by atoms with Gasteiger partial charge in [0.15, 0.2) is 0 Å². The van der Waals surface area contributed by atoms with Crippen LogP contribution in [0.1, 0.15) is 102 Å². The second-order valence-corrected chi connectivity index (χ2v) is 9.38. The summed E-state index contributed by atoms with van der Waals surface area (Å²) in [5, 5.41) is 0. The normalized spacial score (nSPS) is 28.5. The number of benzene rings is 1. The van der Waals surface area contributed by atoms with Gasteiger partial charge >= 0.3 is 0 Å². The summed E-state index contributed by atoms with van der Waals surface area (Å²) in [5.74, 6) is 4.54. The number of allylic oxidation sites excluding steroid dienone is 1. The van der Waals surface area contributed by atoms with Crippen molar-refractivity contribution in [2.24, 2.45) is 17.8 Å². The fourth-order valence-electron chi connectivity index (χ4n) is 5.50. The third-order valence-corrected chi connectivity index (χ3v) is 7.24. The monoisotopic (exact) mass is 382 g/mol. The van der Waals surface area contributed by atoms with E-state index in [0.29, 0.717) is 6.61 Å². The minimum atomic E-state index is 0.705. The van der Waals surface area contributed by atoms with Gasteiger partial charge in [-0.2, -0.15) is 0 Å². The standard InChI is InChI=1S/C27H42O/c1-3-6-22-9-11-24(12-10-22)8-5-21-28-27-19-17-26(18-20-27)25-15-13-23(7-4-2)14-16-25/h5,8,17-20,22-25H,3-4,6-7,9-16,21H2,1-2H3/b8-5+/t22-,23-,24-,25-. The zero-order chi connectivity index (χ0) is 19.6. The lowest BCUT2D eigenvalue weighted by atomic mass is 9.77. The maximum Gasteiger partial charge on any atom is 0.119 e. The van der Waals surface area contributed by atoms with E-state index in [-0.39, 0.29) is 0 Å². The Morgan fingerprint density at radius 2 is 1.36 bits per heavy atom. The Balaban J connectivity index is 1.36.